The molecule has 1 unspecified atom stereocenters. The van der Waals surface area contributed by atoms with Gasteiger partial charge in [-0.15, -0.1) is 0 Å². The van der Waals surface area contributed by atoms with Crippen molar-refractivity contribution in [2.24, 2.45) is 0 Å². The van der Waals surface area contributed by atoms with Crippen LogP contribution in [0.15, 0.2) is 0 Å². The fraction of sp³-hybridized carbons (Fsp3) is 1.00. The maximum absolute atomic E-state index is 9.40. The third-order valence-electron chi connectivity index (χ3n) is 6.02. The molecule has 1 atom stereocenters. The summed E-state index contributed by atoms with van der Waals surface area (Å²) in [5.74, 6) is 0. The lowest BCUT2D eigenvalue weighted by atomic mass is 9.83. The van der Waals surface area contributed by atoms with E-state index in [1.165, 1.54) is 77.0 Å². The smallest absolute Gasteiger partial charge is 0.0710 e. The standard InChI is InChI=1S/C18H33NO2/c20-14-13-19(16-7-3-1-4-8-16)15-17-9-12-18(21-17)10-5-2-6-11-18/h16-17,20H,1-15H2. The van der Waals surface area contributed by atoms with Gasteiger partial charge in [-0.05, 0) is 38.5 Å². The van der Waals surface area contributed by atoms with Crippen molar-refractivity contribution in [1.29, 1.82) is 0 Å². The summed E-state index contributed by atoms with van der Waals surface area (Å²) in [5, 5.41) is 9.40. The Kier molecular flexibility index (Phi) is 5.58. The van der Waals surface area contributed by atoms with E-state index in [1.54, 1.807) is 0 Å². The van der Waals surface area contributed by atoms with Crippen molar-refractivity contribution >= 4 is 0 Å². The molecule has 3 nitrogen and oxygen atoms in total. The van der Waals surface area contributed by atoms with Crippen LogP contribution >= 0.6 is 0 Å². The molecule has 3 rings (SSSR count). The van der Waals surface area contributed by atoms with Gasteiger partial charge in [0.2, 0.25) is 0 Å². The average molecular weight is 295 g/mol. The van der Waals surface area contributed by atoms with Gasteiger partial charge in [0, 0.05) is 19.1 Å². The van der Waals surface area contributed by atoms with Crippen molar-refractivity contribution in [3.05, 3.63) is 0 Å². The largest absolute Gasteiger partial charge is 0.395 e. The van der Waals surface area contributed by atoms with Crippen LogP contribution in [0.3, 0.4) is 0 Å². The Morgan fingerprint density at radius 3 is 2.33 bits per heavy atom. The zero-order valence-electron chi connectivity index (χ0n) is 13.6. The molecule has 1 heterocycles. The van der Waals surface area contributed by atoms with Crippen molar-refractivity contribution in [2.45, 2.75) is 94.8 Å². The highest BCUT2D eigenvalue weighted by Gasteiger charge is 2.41. The van der Waals surface area contributed by atoms with E-state index in [1.807, 2.05) is 0 Å². The van der Waals surface area contributed by atoms with Gasteiger partial charge in [-0.25, -0.2) is 0 Å². The summed E-state index contributed by atoms with van der Waals surface area (Å²) in [6, 6.07) is 0.692. The highest BCUT2D eigenvalue weighted by atomic mass is 16.5. The average Bonchev–Trinajstić information content (AvgIpc) is 2.91. The Labute approximate surface area is 130 Å². The van der Waals surface area contributed by atoms with E-state index in [9.17, 15) is 5.11 Å². The quantitative estimate of drug-likeness (QED) is 0.842. The number of aliphatic hydroxyl groups is 1. The second-order valence-corrected chi connectivity index (χ2v) is 7.53. The first-order valence-electron chi connectivity index (χ1n) is 9.34. The molecule has 122 valence electrons. The van der Waals surface area contributed by atoms with Gasteiger partial charge in [-0.2, -0.15) is 0 Å². The number of hydrogen-bond acceptors (Lipinski definition) is 3. The Bertz CT molecular complexity index is 308. The van der Waals surface area contributed by atoms with E-state index in [0.29, 0.717) is 12.1 Å². The molecule has 2 aliphatic carbocycles. The molecule has 2 saturated carbocycles. The summed E-state index contributed by atoms with van der Waals surface area (Å²) in [5.41, 5.74) is 0.236. The molecule has 1 saturated heterocycles. The van der Waals surface area contributed by atoms with E-state index >= 15 is 0 Å². The van der Waals surface area contributed by atoms with Crippen LogP contribution in [0.1, 0.15) is 77.0 Å². The third-order valence-corrected chi connectivity index (χ3v) is 6.02. The van der Waals surface area contributed by atoms with Crippen LogP contribution in [0, 0.1) is 0 Å². The summed E-state index contributed by atoms with van der Waals surface area (Å²) in [4.78, 5) is 2.53. The van der Waals surface area contributed by atoms with Crippen molar-refractivity contribution in [3.63, 3.8) is 0 Å². The van der Waals surface area contributed by atoms with Gasteiger partial charge in [0.25, 0.3) is 0 Å². The molecule has 21 heavy (non-hydrogen) atoms. The molecule has 1 aliphatic heterocycles. The lowest BCUT2D eigenvalue weighted by Gasteiger charge is -2.37. The van der Waals surface area contributed by atoms with E-state index in [4.69, 9.17) is 4.74 Å². The van der Waals surface area contributed by atoms with Crippen LogP contribution in [0.4, 0.5) is 0 Å². The van der Waals surface area contributed by atoms with Gasteiger partial charge < -0.3 is 9.84 Å². The van der Waals surface area contributed by atoms with Crippen LogP contribution < -0.4 is 0 Å². The molecule has 0 bridgehead atoms. The van der Waals surface area contributed by atoms with Crippen molar-refractivity contribution < 1.29 is 9.84 Å². The first-order valence-corrected chi connectivity index (χ1v) is 9.34. The van der Waals surface area contributed by atoms with E-state index in [2.05, 4.69) is 4.90 Å². The first kappa shape index (κ1) is 15.8. The van der Waals surface area contributed by atoms with Gasteiger partial charge >= 0.3 is 0 Å². The Morgan fingerprint density at radius 2 is 1.62 bits per heavy atom. The second kappa shape index (κ2) is 7.43. The predicted molar refractivity (Wildman–Crippen MR) is 85.5 cm³/mol. The summed E-state index contributed by atoms with van der Waals surface area (Å²) in [7, 11) is 0. The normalized spacial score (nSPS) is 30.3. The molecule has 3 fully saturated rings. The molecule has 0 radical (unpaired) electrons. The van der Waals surface area contributed by atoms with E-state index < -0.39 is 0 Å². The molecule has 1 spiro atoms. The Hall–Kier alpha value is -0.120. The lowest BCUT2D eigenvalue weighted by molar-refractivity contribution is -0.0767. The molecule has 1 N–H and O–H groups in total. The number of rotatable bonds is 5. The van der Waals surface area contributed by atoms with Gasteiger partial charge in [0.1, 0.15) is 0 Å². The van der Waals surface area contributed by atoms with Gasteiger partial charge in [-0.1, -0.05) is 38.5 Å². The molecule has 0 amide bonds. The van der Waals surface area contributed by atoms with Gasteiger partial charge in [0.05, 0.1) is 18.3 Å². The van der Waals surface area contributed by atoms with Crippen LogP contribution in [0.2, 0.25) is 0 Å². The van der Waals surface area contributed by atoms with Crippen LogP contribution in [0.5, 0.6) is 0 Å². The second-order valence-electron chi connectivity index (χ2n) is 7.53. The van der Waals surface area contributed by atoms with Crippen molar-refractivity contribution in [1.82, 2.24) is 4.90 Å². The van der Waals surface area contributed by atoms with Gasteiger partial charge in [-0.3, -0.25) is 4.90 Å². The minimum atomic E-state index is 0.236. The number of nitrogens with zero attached hydrogens (tertiary/aromatic N) is 1. The zero-order chi connectivity index (χ0) is 14.5. The van der Waals surface area contributed by atoms with E-state index in [-0.39, 0.29) is 12.2 Å². The molecule has 0 aromatic rings. The number of hydrogen-bond donors (Lipinski definition) is 1. The SMILES string of the molecule is OCCN(CC1CCC2(CCCCC2)O1)C1CCCCC1. The molecule has 0 aromatic heterocycles. The highest BCUT2D eigenvalue weighted by molar-refractivity contribution is 4.92. The Morgan fingerprint density at radius 1 is 0.905 bits per heavy atom. The van der Waals surface area contributed by atoms with E-state index in [0.717, 1.165) is 13.1 Å². The molecular formula is C18H33NO2. The number of ether oxygens (including phenoxy) is 1. The highest BCUT2D eigenvalue weighted by Crippen LogP contribution is 2.42. The first-order chi connectivity index (χ1) is 10.3. The molecular weight excluding hydrogens is 262 g/mol. The van der Waals surface area contributed by atoms with Crippen LogP contribution in [-0.4, -0.2) is 47.4 Å². The molecule has 3 aliphatic rings. The molecule has 3 heteroatoms. The summed E-state index contributed by atoms with van der Waals surface area (Å²) in [6.45, 7) is 2.17. The van der Waals surface area contributed by atoms with Crippen LogP contribution in [0.25, 0.3) is 0 Å². The Balaban J connectivity index is 1.53. The van der Waals surface area contributed by atoms with Gasteiger partial charge in [0.15, 0.2) is 0 Å². The fourth-order valence-corrected chi connectivity index (χ4v) is 4.85. The summed E-state index contributed by atoms with van der Waals surface area (Å²) in [6.07, 6.45) is 16.4. The predicted octanol–water partition coefficient (Wildman–Crippen LogP) is 3.50. The lowest BCUT2D eigenvalue weighted by Crippen LogP contribution is -2.44. The zero-order valence-corrected chi connectivity index (χ0v) is 13.6. The molecule has 0 aromatic carbocycles. The van der Waals surface area contributed by atoms with Crippen molar-refractivity contribution in [2.75, 3.05) is 19.7 Å². The maximum atomic E-state index is 9.40. The van der Waals surface area contributed by atoms with Crippen molar-refractivity contribution in [3.8, 4) is 0 Å². The minimum Gasteiger partial charge on any atom is -0.395 e. The summed E-state index contributed by atoms with van der Waals surface area (Å²) < 4.78 is 6.53. The third kappa shape index (κ3) is 4.00. The fourth-order valence-electron chi connectivity index (χ4n) is 4.85. The minimum absolute atomic E-state index is 0.236. The topological polar surface area (TPSA) is 32.7 Å². The maximum Gasteiger partial charge on any atom is 0.0710 e. The monoisotopic (exact) mass is 295 g/mol. The van der Waals surface area contributed by atoms with Crippen LogP contribution in [-0.2, 0) is 4.74 Å². The summed E-state index contributed by atoms with van der Waals surface area (Å²) >= 11 is 0. The number of aliphatic hydroxyl groups excluding tert-OH is 1.